The third-order valence-electron chi connectivity index (χ3n) is 2.81. The number of hydrogen-bond donors (Lipinski definition) is 2. The Kier molecular flexibility index (Phi) is 5.99. The minimum Gasteiger partial charge on any atom is -0.507 e. The highest BCUT2D eigenvalue weighted by atomic mass is 79.9. The van der Waals surface area contributed by atoms with Crippen LogP contribution >= 0.6 is 79.6 Å². The van der Waals surface area contributed by atoms with E-state index in [1.54, 1.807) is 17.1 Å². The quantitative estimate of drug-likeness (QED) is 0.389. The standard InChI is InChI=1S/C14H7Br5O2/c15-5-8(6-1-3-9(20)13(18)11(6)16)7-2-4-10(21)14(19)12(7)17/h1-5,20-21H. The minimum absolute atomic E-state index is 0.158. The summed E-state index contributed by atoms with van der Waals surface area (Å²) in [6, 6.07) is 6.85. The van der Waals surface area contributed by atoms with Crippen LogP contribution in [0.25, 0.3) is 5.57 Å². The predicted octanol–water partition coefficient (Wildman–Crippen LogP) is 6.93. The summed E-state index contributed by atoms with van der Waals surface area (Å²) in [6.07, 6.45) is 0. The molecule has 110 valence electrons. The molecular formula is C14H7Br5O2. The maximum atomic E-state index is 9.73. The van der Waals surface area contributed by atoms with Crippen molar-refractivity contribution in [2.45, 2.75) is 0 Å². The van der Waals surface area contributed by atoms with Crippen molar-refractivity contribution < 1.29 is 10.2 Å². The molecule has 2 aromatic rings. The van der Waals surface area contributed by atoms with Crippen molar-refractivity contribution in [2.24, 2.45) is 0 Å². The van der Waals surface area contributed by atoms with E-state index < -0.39 is 0 Å². The van der Waals surface area contributed by atoms with E-state index in [9.17, 15) is 10.2 Å². The van der Waals surface area contributed by atoms with Gasteiger partial charge in [-0.05, 0) is 110 Å². The lowest BCUT2D eigenvalue weighted by atomic mass is 9.99. The highest BCUT2D eigenvalue weighted by Crippen LogP contribution is 2.43. The largest absolute Gasteiger partial charge is 0.507 e. The molecule has 0 aromatic heterocycles. The van der Waals surface area contributed by atoms with Crippen molar-refractivity contribution in [1.82, 2.24) is 0 Å². The summed E-state index contributed by atoms with van der Waals surface area (Å²) in [5.74, 6) is 0.316. The van der Waals surface area contributed by atoms with Gasteiger partial charge >= 0.3 is 0 Å². The Labute approximate surface area is 163 Å². The number of phenolic OH excluding ortho intramolecular Hbond substituents is 2. The van der Waals surface area contributed by atoms with Crippen LogP contribution < -0.4 is 0 Å². The molecule has 2 aromatic carbocycles. The van der Waals surface area contributed by atoms with Crippen molar-refractivity contribution in [2.75, 3.05) is 0 Å². The van der Waals surface area contributed by atoms with Gasteiger partial charge in [0.25, 0.3) is 0 Å². The molecule has 0 radical (unpaired) electrons. The topological polar surface area (TPSA) is 40.5 Å². The van der Waals surface area contributed by atoms with Crippen LogP contribution in [0.15, 0.2) is 47.1 Å². The fourth-order valence-electron chi connectivity index (χ4n) is 1.76. The van der Waals surface area contributed by atoms with Gasteiger partial charge in [-0.1, -0.05) is 15.9 Å². The van der Waals surface area contributed by atoms with Crippen LogP contribution in [0, 0.1) is 0 Å². The number of rotatable bonds is 2. The van der Waals surface area contributed by atoms with Crippen molar-refractivity contribution in [1.29, 1.82) is 0 Å². The van der Waals surface area contributed by atoms with Gasteiger partial charge in [0.15, 0.2) is 0 Å². The van der Waals surface area contributed by atoms with Gasteiger partial charge in [-0.3, -0.25) is 0 Å². The van der Waals surface area contributed by atoms with Crippen LogP contribution in [0.4, 0.5) is 0 Å². The average molecular weight is 607 g/mol. The Morgan fingerprint density at radius 1 is 0.714 bits per heavy atom. The molecule has 0 bridgehead atoms. The monoisotopic (exact) mass is 602 g/mol. The summed E-state index contributed by atoms with van der Waals surface area (Å²) in [7, 11) is 0. The van der Waals surface area contributed by atoms with Crippen molar-refractivity contribution in [3.63, 3.8) is 0 Å². The van der Waals surface area contributed by atoms with Crippen LogP contribution in [0.3, 0.4) is 0 Å². The Bertz CT molecular complexity index is 681. The molecule has 0 saturated heterocycles. The third kappa shape index (κ3) is 3.42. The Balaban J connectivity index is 2.68. The molecular weight excluding hydrogens is 600 g/mol. The van der Waals surface area contributed by atoms with E-state index in [4.69, 9.17) is 0 Å². The van der Waals surface area contributed by atoms with Crippen molar-refractivity contribution >= 4 is 85.2 Å². The molecule has 0 spiro atoms. The van der Waals surface area contributed by atoms with Crippen LogP contribution in [-0.2, 0) is 0 Å². The molecule has 2 N–H and O–H groups in total. The second-order valence-corrected chi connectivity index (χ2v) is 7.67. The van der Waals surface area contributed by atoms with E-state index >= 15 is 0 Å². The zero-order chi connectivity index (χ0) is 15.7. The molecule has 2 nitrogen and oxygen atoms in total. The van der Waals surface area contributed by atoms with Gasteiger partial charge in [0.05, 0.1) is 8.95 Å². The summed E-state index contributed by atoms with van der Waals surface area (Å²) < 4.78 is 2.65. The minimum atomic E-state index is 0.158. The Hall–Kier alpha value is 0.180. The fourth-order valence-corrected chi connectivity index (χ4v) is 4.04. The summed E-state index contributed by atoms with van der Waals surface area (Å²) in [5.41, 5.74) is 2.65. The van der Waals surface area contributed by atoms with Gasteiger partial charge in [0, 0.05) is 8.95 Å². The lowest BCUT2D eigenvalue weighted by molar-refractivity contribution is 0.471. The molecule has 0 atom stereocenters. The van der Waals surface area contributed by atoms with Crippen LogP contribution in [0.5, 0.6) is 11.5 Å². The fraction of sp³-hybridized carbons (Fsp3) is 0. The highest BCUT2D eigenvalue weighted by Gasteiger charge is 2.17. The Morgan fingerprint density at radius 2 is 1.10 bits per heavy atom. The van der Waals surface area contributed by atoms with E-state index in [0.29, 0.717) is 8.95 Å². The zero-order valence-corrected chi connectivity index (χ0v) is 18.1. The van der Waals surface area contributed by atoms with Crippen molar-refractivity contribution in [3.05, 3.63) is 58.3 Å². The molecule has 2 rings (SSSR count). The first kappa shape index (κ1) is 17.5. The molecule has 0 aliphatic heterocycles. The second-order valence-electron chi connectivity index (χ2n) is 4.04. The molecule has 0 unspecified atom stereocenters. The first-order valence-corrected chi connectivity index (χ1v) is 9.62. The smallest absolute Gasteiger partial charge is 0.130 e. The normalized spacial score (nSPS) is 10.5. The molecule has 7 heteroatoms. The van der Waals surface area contributed by atoms with Gasteiger partial charge in [-0.2, -0.15) is 0 Å². The van der Waals surface area contributed by atoms with E-state index in [1.165, 1.54) is 0 Å². The average Bonchev–Trinajstić information content (AvgIpc) is 2.47. The number of phenols is 2. The molecule has 21 heavy (non-hydrogen) atoms. The number of halogens is 5. The van der Waals surface area contributed by atoms with Gasteiger partial charge in [-0.25, -0.2) is 0 Å². The third-order valence-corrected chi connectivity index (χ3v) is 7.59. The lowest BCUT2D eigenvalue weighted by Gasteiger charge is -2.14. The summed E-state index contributed by atoms with van der Waals surface area (Å²) in [6.45, 7) is 0. The lowest BCUT2D eigenvalue weighted by Crippen LogP contribution is -1.92. The maximum absolute atomic E-state index is 9.73. The van der Waals surface area contributed by atoms with Gasteiger partial charge in [0.1, 0.15) is 11.5 Å². The summed E-state index contributed by atoms with van der Waals surface area (Å²) in [4.78, 5) is 1.79. The number of hydrogen-bond acceptors (Lipinski definition) is 2. The molecule has 0 heterocycles. The van der Waals surface area contributed by atoms with E-state index in [-0.39, 0.29) is 11.5 Å². The van der Waals surface area contributed by atoms with E-state index in [0.717, 1.165) is 25.6 Å². The van der Waals surface area contributed by atoms with Crippen LogP contribution in [0.1, 0.15) is 11.1 Å². The van der Waals surface area contributed by atoms with Crippen LogP contribution in [0.2, 0.25) is 0 Å². The molecule has 0 aliphatic rings. The van der Waals surface area contributed by atoms with Crippen molar-refractivity contribution in [3.8, 4) is 11.5 Å². The molecule has 0 saturated carbocycles. The number of aromatic hydroxyl groups is 2. The molecule has 0 amide bonds. The predicted molar refractivity (Wildman–Crippen MR) is 103 cm³/mol. The Morgan fingerprint density at radius 3 is 1.43 bits per heavy atom. The van der Waals surface area contributed by atoms with Gasteiger partial charge in [-0.15, -0.1) is 0 Å². The number of benzene rings is 2. The SMILES string of the molecule is Oc1ccc(C(=CBr)c2ccc(O)c(Br)c2Br)c(Br)c1Br. The maximum Gasteiger partial charge on any atom is 0.130 e. The van der Waals surface area contributed by atoms with E-state index in [1.807, 2.05) is 12.1 Å². The molecule has 0 aliphatic carbocycles. The summed E-state index contributed by atoms with van der Waals surface area (Å²) in [5, 5.41) is 19.5. The first-order chi connectivity index (χ1) is 9.88. The molecule has 0 fully saturated rings. The van der Waals surface area contributed by atoms with E-state index in [2.05, 4.69) is 79.6 Å². The van der Waals surface area contributed by atoms with Gasteiger partial charge < -0.3 is 10.2 Å². The summed E-state index contributed by atoms with van der Waals surface area (Å²) >= 11 is 17.0. The zero-order valence-electron chi connectivity index (χ0n) is 10.2. The van der Waals surface area contributed by atoms with Crippen LogP contribution in [-0.4, -0.2) is 10.2 Å². The second kappa shape index (κ2) is 7.17. The first-order valence-electron chi connectivity index (χ1n) is 5.53. The van der Waals surface area contributed by atoms with Gasteiger partial charge in [0.2, 0.25) is 0 Å². The highest BCUT2D eigenvalue weighted by molar-refractivity contribution is 9.13.